The van der Waals surface area contributed by atoms with Crippen molar-refractivity contribution in [3.63, 3.8) is 0 Å². The van der Waals surface area contributed by atoms with Crippen molar-refractivity contribution in [1.29, 1.82) is 5.26 Å². The van der Waals surface area contributed by atoms with Crippen molar-refractivity contribution in [3.8, 4) is 17.3 Å². The molecule has 5 heteroatoms. The molecule has 5 nitrogen and oxygen atoms in total. The Kier molecular flexibility index (Phi) is 2.71. The van der Waals surface area contributed by atoms with Gasteiger partial charge in [0.05, 0.1) is 0 Å². The molecule has 1 heterocycles. The van der Waals surface area contributed by atoms with Gasteiger partial charge < -0.3 is 15.2 Å². The largest absolute Gasteiger partial charge is 0.378 e. The molecule has 2 rings (SSSR count). The molecule has 0 atom stereocenters. The summed E-state index contributed by atoms with van der Waals surface area (Å²) in [6.07, 6.45) is 0. The smallest absolute Gasteiger partial charge is 0.240 e. The predicted molar refractivity (Wildman–Crippen MR) is 65.4 cm³/mol. The second-order valence-corrected chi connectivity index (χ2v) is 3.82. The fourth-order valence-electron chi connectivity index (χ4n) is 1.53. The Hall–Kier alpha value is -2.48. The van der Waals surface area contributed by atoms with Crippen molar-refractivity contribution in [3.05, 3.63) is 29.8 Å². The van der Waals surface area contributed by atoms with Crippen LogP contribution < -0.4 is 10.6 Å². The van der Waals surface area contributed by atoms with E-state index in [2.05, 4.69) is 5.16 Å². The minimum Gasteiger partial charge on any atom is -0.378 e. The van der Waals surface area contributed by atoms with Gasteiger partial charge in [0.2, 0.25) is 5.88 Å². The molecule has 0 radical (unpaired) electrons. The van der Waals surface area contributed by atoms with E-state index in [0.29, 0.717) is 5.69 Å². The fraction of sp³-hybridized carbons (Fsp3) is 0.167. The van der Waals surface area contributed by atoms with Crippen molar-refractivity contribution in [1.82, 2.24) is 5.16 Å². The van der Waals surface area contributed by atoms with E-state index < -0.39 is 0 Å². The average molecular weight is 228 g/mol. The van der Waals surface area contributed by atoms with Gasteiger partial charge in [-0.1, -0.05) is 17.3 Å². The number of aromatic nitrogens is 1. The summed E-state index contributed by atoms with van der Waals surface area (Å²) in [6.45, 7) is 0. The summed E-state index contributed by atoms with van der Waals surface area (Å²) < 4.78 is 4.81. The number of nitrogen functional groups attached to an aromatic ring is 1. The lowest BCUT2D eigenvalue weighted by Gasteiger charge is -2.11. The molecule has 0 spiro atoms. The summed E-state index contributed by atoms with van der Waals surface area (Å²) in [5, 5.41) is 12.7. The molecule has 1 aromatic carbocycles. The average Bonchev–Trinajstić information content (AvgIpc) is 2.70. The van der Waals surface area contributed by atoms with Crippen LogP contribution in [0, 0.1) is 11.3 Å². The molecular formula is C12H12N4O. The van der Waals surface area contributed by atoms with Crippen LogP contribution in [0.4, 0.5) is 11.6 Å². The number of anilines is 2. The highest BCUT2D eigenvalue weighted by Crippen LogP contribution is 2.27. The van der Waals surface area contributed by atoms with Gasteiger partial charge in [-0.3, -0.25) is 0 Å². The van der Waals surface area contributed by atoms with Crippen LogP contribution in [0.3, 0.4) is 0 Å². The van der Waals surface area contributed by atoms with Crippen molar-refractivity contribution >= 4 is 11.6 Å². The molecule has 0 saturated heterocycles. The maximum absolute atomic E-state index is 8.95. The number of benzene rings is 1. The van der Waals surface area contributed by atoms with Gasteiger partial charge in [-0.25, -0.2) is 0 Å². The van der Waals surface area contributed by atoms with E-state index in [-0.39, 0.29) is 11.4 Å². The second-order valence-electron chi connectivity index (χ2n) is 3.82. The zero-order valence-electron chi connectivity index (χ0n) is 9.64. The third kappa shape index (κ3) is 1.93. The van der Waals surface area contributed by atoms with Crippen molar-refractivity contribution < 1.29 is 4.52 Å². The Bertz CT molecular complexity index is 563. The molecule has 1 aromatic heterocycles. The molecule has 0 amide bonds. The Morgan fingerprint density at radius 3 is 2.47 bits per heavy atom. The highest BCUT2D eigenvalue weighted by Gasteiger charge is 2.14. The monoisotopic (exact) mass is 228 g/mol. The number of hydrogen-bond donors (Lipinski definition) is 1. The van der Waals surface area contributed by atoms with Gasteiger partial charge in [-0.2, -0.15) is 5.26 Å². The van der Waals surface area contributed by atoms with E-state index in [1.807, 2.05) is 49.3 Å². The Balaban J connectivity index is 2.44. The van der Waals surface area contributed by atoms with E-state index in [4.69, 9.17) is 15.5 Å². The van der Waals surface area contributed by atoms with Crippen LogP contribution in [0.2, 0.25) is 0 Å². The second kappa shape index (κ2) is 4.18. The van der Waals surface area contributed by atoms with Gasteiger partial charge in [0, 0.05) is 25.3 Å². The van der Waals surface area contributed by atoms with Crippen LogP contribution >= 0.6 is 0 Å². The van der Waals surface area contributed by atoms with E-state index >= 15 is 0 Å². The third-order valence-electron chi connectivity index (χ3n) is 2.49. The summed E-state index contributed by atoms with van der Waals surface area (Å²) in [4.78, 5) is 1.99. The molecule has 0 fully saturated rings. The number of nitriles is 1. The molecule has 0 aliphatic rings. The van der Waals surface area contributed by atoms with Gasteiger partial charge in [0.1, 0.15) is 17.3 Å². The molecular weight excluding hydrogens is 216 g/mol. The standard InChI is InChI=1S/C12H12N4O/c1-16(2)9-5-3-8(4-6-9)11-10(7-13)12(14)17-15-11/h3-6H,14H2,1-2H3. The van der Waals surface area contributed by atoms with E-state index in [9.17, 15) is 0 Å². The maximum Gasteiger partial charge on any atom is 0.240 e. The van der Waals surface area contributed by atoms with Gasteiger partial charge in [0.15, 0.2) is 0 Å². The van der Waals surface area contributed by atoms with Crippen LogP contribution in [0.5, 0.6) is 0 Å². The topological polar surface area (TPSA) is 79.1 Å². The Morgan fingerprint density at radius 1 is 1.29 bits per heavy atom. The first-order valence-electron chi connectivity index (χ1n) is 5.06. The molecule has 86 valence electrons. The fourth-order valence-corrected chi connectivity index (χ4v) is 1.53. The SMILES string of the molecule is CN(C)c1ccc(-c2noc(N)c2C#N)cc1. The number of nitrogens with two attached hydrogens (primary N) is 1. The normalized spacial score (nSPS) is 9.94. The van der Waals surface area contributed by atoms with E-state index in [1.54, 1.807) is 0 Å². The Labute approximate surface area is 99.0 Å². The lowest BCUT2D eigenvalue weighted by molar-refractivity contribution is 0.439. The van der Waals surface area contributed by atoms with Gasteiger partial charge in [0.25, 0.3) is 0 Å². The van der Waals surface area contributed by atoms with Crippen LogP contribution in [0.1, 0.15) is 5.56 Å². The molecule has 0 saturated carbocycles. The maximum atomic E-state index is 8.95. The molecule has 17 heavy (non-hydrogen) atoms. The summed E-state index contributed by atoms with van der Waals surface area (Å²) in [7, 11) is 3.92. The lowest BCUT2D eigenvalue weighted by atomic mass is 10.1. The molecule has 2 N–H and O–H groups in total. The highest BCUT2D eigenvalue weighted by atomic mass is 16.5. The third-order valence-corrected chi connectivity index (χ3v) is 2.49. The van der Waals surface area contributed by atoms with Gasteiger partial charge >= 0.3 is 0 Å². The molecule has 2 aromatic rings. The van der Waals surface area contributed by atoms with E-state index in [0.717, 1.165) is 11.3 Å². The van der Waals surface area contributed by atoms with Crippen LogP contribution in [-0.4, -0.2) is 19.3 Å². The van der Waals surface area contributed by atoms with Crippen LogP contribution in [0.15, 0.2) is 28.8 Å². The van der Waals surface area contributed by atoms with Crippen LogP contribution in [-0.2, 0) is 0 Å². The van der Waals surface area contributed by atoms with Crippen LogP contribution in [0.25, 0.3) is 11.3 Å². The molecule has 0 bridgehead atoms. The predicted octanol–water partition coefficient (Wildman–Crippen LogP) is 1.86. The summed E-state index contributed by atoms with van der Waals surface area (Å²) in [5.41, 5.74) is 8.15. The minimum absolute atomic E-state index is 0.0548. The molecule has 0 unspecified atom stereocenters. The number of hydrogen-bond acceptors (Lipinski definition) is 5. The molecule has 0 aliphatic heterocycles. The van der Waals surface area contributed by atoms with Crippen molar-refractivity contribution in [2.24, 2.45) is 0 Å². The highest BCUT2D eigenvalue weighted by molar-refractivity contribution is 5.72. The zero-order chi connectivity index (χ0) is 12.4. The first-order valence-corrected chi connectivity index (χ1v) is 5.06. The summed E-state index contributed by atoms with van der Waals surface area (Å²) >= 11 is 0. The van der Waals surface area contributed by atoms with Gasteiger partial charge in [-0.15, -0.1) is 0 Å². The number of nitrogens with zero attached hydrogens (tertiary/aromatic N) is 3. The first kappa shape index (κ1) is 11.0. The minimum atomic E-state index is 0.0548. The first-order chi connectivity index (χ1) is 8.13. The quantitative estimate of drug-likeness (QED) is 0.848. The molecule has 0 aliphatic carbocycles. The van der Waals surface area contributed by atoms with Crippen molar-refractivity contribution in [2.45, 2.75) is 0 Å². The van der Waals surface area contributed by atoms with Gasteiger partial charge in [-0.05, 0) is 12.1 Å². The summed E-state index contributed by atoms with van der Waals surface area (Å²) in [5.74, 6) is 0.0548. The van der Waals surface area contributed by atoms with Crippen molar-refractivity contribution in [2.75, 3.05) is 24.7 Å². The van der Waals surface area contributed by atoms with E-state index in [1.165, 1.54) is 0 Å². The Morgan fingerprint density at radius 2 is 1.94 bits per heavy atom. The summed E-state index contributed by atoms with van der Waals surface area (Å²) in [6, 6.07) is 9.64. The number of rotatable bonds is 2. The zero-order valence-corrected chi connectivity index (χ0v) is 9.64. The lowest BCUT2D eigenvalue weighted by Crippen LogP contribution is -2.07.